The van der Waals surface area contributed by atoms with E-state index < -0.39 is 0 Å². The first-order valence-electron chi connectivity index (χ1n) is 5.99. The van der Waals surface area contributed by atoms with Crippen molar-refractivity contribution in [1.82, 2.24) is 0 Å². The van der Waals surface area contributed by atoms with Crippen LogP contribution in [-0.2, 0) is 6.42 Å². The molecule has 0 spiro atoms. The predicted molar refractivity (Wildman–Crippen MR) is 68.9 cm³/mol. The average Bonchev–Trinajstić information content (AvgIpc) is 2.36. The van der Waals surface area contributed by atoms with Crippen LogP contribution in [0.2, 0.25) is 0 Å². The number of benzene rings is 1. The van der Waals surface area contributed by atoms with Crippen molar-refractivity contribution in [3.05, 3.63) is 23.3 Å². The third-order valence-electron chi connectivity index (χ3n) is 3.21. The lowest BCUT2D eigenvalue weighted by molar-refractivity contribution is 0.221. The molecule has 3 nitrogen and oxygen atoms in total. The van der Waals surface area contributed by atoms with Gasteiger partial charge in [0.2, 0.25) is 0 Å². The number of aliphatic hydroxyl groups is 1. The highest BCUT2D eigenvalue weighted by molar-refractivity contribution is 5.49. The third-order valence-corrected chi connectivity index (χ3v) is 3.21. The highest BCUT2D eigenvalue weighted by Gasteiger charge is 2.14. The van der Waals surface area contributed by atoms with Crippen LogP contribution >= 0.6 is 0 Å². The Morgan fingerprint density at radius 1 is 1.24 bits per heavy atom. The van der Waals surface area contributed by atoms with Gasteiger partial charge in [0.15, 0.2) is 0 Å². The summed E-state index contributed by atoms with van der Waals surface area (Å²) in [5, 5.41) is 9.26. The second-order valence-corrected chi connectivity index (χ2v) is 4.25. The minimum Gasteiger partial charge on any atom is -0.496 e. The van der Waals surface area contributed by atoms with Gasteiger partial charge in [-0.3, -0.25) is 0 Å². The number of methoxy groups -OCH3 is 2. The maximum atomic E-state index is 9.26. The highest BCUT2D eigenvalue weighted by atomic mass is 16.5. The zero-order valence-electron chi connectivity index (χ0n) is 11.1. The fourth-order valence-corrected chi connectivity index (χ4v) is 2.04. The molecule has 0 bridgehead atoms. The number of ether oxygens (including phenoxy) is 2. The number of aliphatic hydroxyl groups excluding tert-OH is 1. The van der Waals surface area contributed by atoms with Crippen LogP contribution in [0.4, 0.5) is 0 Å². The van der Waals surface area contributed by atoms with Crippen molar-refractivity contribution in [3.8, 4) is 11.5 Å². The van der Waals surface area contributed by atoms with Crippen LogP contribution in [0.15, 0.2) is 12.1 Å². The summed E-state index contributed by atoms with van der Waals surface area (Å²) in [6, 6.07) is 3.97. The van der Waals surface area contributed by atoms with Gasteiger partial charge < -0.3 is 14.6 Å². The van der Waals surface area contributed by atoms with Crippen LogP contribution in [0.5, 0.6) is 11.5 Å². The van der Waals surface area contributed by atoms with Gasteiger partial charge in [0.1, 0.15) is 11.5 Å². The molecule has 0 aliphatic rings. The van der Waals surface area contributed by atoms with E-state index in [0.29, 0.717) is 0 Å². The molecule has 1 unspecified atom stereocenters. The predicted octanol–water partition coefficient (Wildman–Crippen LogP) is 2.57. The first-order chi connectivity index (χ1) is 8.17. The van der Waals surface area contributed by atoms with E-state index in [1.807, 2.05) is 19.1 Å². The van der Waals surface area contributed by atoms with Crippen LogP contribution < -0.4 is 9.47 Å². The topological polar surface area (TPSA) is 38.7 Å². The Kier molecular flexibility index (Phi) is 5.29. The van der Waals surface area contributed by atoms with E-state index in [9.17, 15) is 5.11 Å². The maximum absolute atomic E-state index is 9.26. The number of hydrogen-bond acceptors (Lipinski definition) is 3. The van der Waals surface area contributed by atoms with Gasteiger partial charge in [-0.1, -0.05) is 19.4 Å². The minimum atomic E-state index is 0.213. The van der Waals surface area contributed by atoms with Crippen molar-refractivity contribution < 1.29 is 14.6 Å². The smallest absolute Gasteiger partial charge is 0.128 e. The molecule has 96 valence electrons. The lowest BCUT2D eigenvalue weighted by Gasteiger charge is -2.17. The van der Waals surface area contributed by atoms with E-state index in [-0.39, 0.29) is 12.5 Å². The fourth-order valence-electron chi connectivity index (χ4n) is 2.04. The summed E-state index contributed by atoms with van der Waals surface area (Å²) in [5.41, 5.74) is 2.15. The van der Waals surface area contributed by atoms with Gasteiger partial charge in [-0.05, 0) is 30.9 Å². The van der Waals surface area contributed by atoms with Gasteiger partial charge in [0.25, 0.3) is 0 Å². The summed E-state index contributed by atoms with van der Waals surface area (Å²) < 4.78 is 10.7. The SMILES string of the molecule is CCC(CO)Cc1ccc(OC)c(C)c1OC. The lowest BCUT2D eigenvalue weighted by Crippen LogP contribution is -2.09. The molecule has 3 heteroatoms. The van der Waals surface area contributed by atoms with Crippen LogP contribution in [0.25, 0.3) is 0 Å². The Morgan fingerprint density at radius 2 is 1.94 bits per heavy atom. The van der Waals surface area contributed by atoms with Gasteiger partial charge in [0.05, 0.1) is 14.2 Å². The van der Waals surface area contributed by atoms with E-state index in [1.54, 1.807) is 14.2 Å². The van der Waals surface area contributed by atoms with Gasteiger partial charge in [0, 0.05) is 12.2 Å². The van der Waals surface area contributed by atoms with Crippen LogP contribution in [0.1, 0.15) is 24.5 Å². The molecule has 0 saturated carbocycles. The molecule has 1 N–H and O–H groups in total. The Labute approximate surface area is 103 Å². The van der Waals surface area contributed by atoms with Gasteiger partial charge in [-0.25, -0.2) is 0 Å². The number of hydrogen-bond donors (Lipinski definition) is 1. The molecule has 1 atom stereocenters. The van der Waals surface area contributed by atoms with E-state index in [0.717, 1.165) is 35.5 Å². The summed E-state index contributed by atoms with van der Waals surface area (Å²) in [6.07, 6.45) is 1.80. The van der Waals surface area contributed by atoms with Crippen molar-refractivity contribution in [1.29, 1.82) is 0 Å². The molecule has 0 amide bonds. The molecule has 1 aromatic rings. The Hall–Kier alpha value is -1.22. The molecule has 17 heavy (non-hydrogen) atoms. The first kappa shape index (κ1) is 13.8. The molecular weight excluding hydrogens is 216 g/mol. The van der Waals surface area contributed by atoms with Crippen molar-refractivity contribution in [2.75, 3.05) is 20.8 Å². The van der Waals surface area contributed by atoms with Gasteiger partial charge in [-0.15, -0.1) is 0 Å². The van der Waals surface area contributed by atoms with E-state index in [2.05, 4.69) is 6.92 Å². The largest absolute Gasteiger partial charge is 0.496 e. The molecule has 1 aromatic carbocycles. The maximum Gasteiger partial charge on any atom is 0.128 e. The van der Waals surface area contributed by atoms with Crippen molar-refractivity contribution >= 4 is 0 Å². The van der Waals surface area contributed by atoms with Crippen LogP contribution in [0.3, 0.4) is 0 Å². The van der Waals surface area contributed by atoms with Gasteiger partial charge >= 0.3 is 0 Å². The lowest BCUT2D eigenvalue weighted by atomic mass is 9.95. The highest BCUT2D eigenvalue weighted by Crippen LogP contribution is 2.32. The standard InChI is InChI=1S/C14H22O3/c1-5-11(9-15)8-12-6-7-13(16-3)10(2)14(12)17-4/h6-7,11,15H,5,8-9H2,1-4H3. The molecule has 0 aliphatic heterocycles. The molecular formula is C14H22O3. The zero-order chi connectivity index (χ0) is 12.8. The monoisotopic (exact) mass is 238 g/mol. The molecule has 0 saturated heterocycles. The number of rotatable bonds is 6. The van der Waals surface area contributed by atoms with Crippen molar-refractivity contribution in [2.24, 2.45) is 5.92 Å². The Morgan fingerprint density at radius 3 is 2.41 bits per heavy atom. The molecule has 0 heterocycles. The summed E-state index contributed by atoms with van der Waals surface area (Å²) in [7, 11) is 3.33. The quantitative estimate of drug-likeness (QED) is 0.828. The second-order valence-electron chi connectivity index (χ2n) is 4.25. The molecule has 0 aliphatic carbocycles. The average molecular weight is 238 g/mol. The fraction of sp³-hybridized carbons (Fsp3) is 0.571. The zero-order valence-corrected chi connectivity index (χ0v) is 11.1. The second kappa shape index (κ2) is 6.50. The van der Waals surface area contributed by atoms with E-state index in [1.165, 1.54) is 0 Å². The van der Waals surface area contributed by atoms with Crippen LogP contribution in [-0.4, -0.2) is 25.9 Å². The Bertz CT molecular complexity index is 357. The molecule has 0 aromatic heterocycles. The molecule has 1 rings (SSSR count). The summed E-state index contributed by atoms with van der Waals surface area (Å²) in [5.74, 6) is 2.00. The van der Waals surface area contributed by atoms with Crippen LogP contribution in [0, 0.1) is 12.8 Å². The first-order valence-corrected chi connectivity index (χ1v) is 5.99. The van der Waals surface area contributed by atoms with E-state index >= 15 is 0 Å². The van der Waals surface area contributed by atoms with E-state index in [4.69, 9.17) is 9.47 Å². The third kappa shape index (κ3) is 3.13. The molecule has 0 fully saturated rings. The van der Waals surface area contributed by atoms with Crippen molar-refractivity contribution in [2.45, 2.75) is 26.7 Å². The molecule has 0 radical (unpaired) electrons. The summed E-state index contributed by atoms with van der Waals surface area (Å²) in [4.78, 5) is 0. The summed E-state index contributed by atoms with van der Waals surface area (Å²) >= 11 is 0. The van der Waals surface area contributed by atoms with Gasteiger partial charge in [-0.2, -0.15) is 0 Å². The minimum absolute atomic E-state index is 0.213. The van der Waals surface area contributed by atoms with Crippen molar-refractivity contribution in [3.63, 3.8) is 0 Å². The Balaban J connectivity index is 3.03. The normalized spacial score (nSPS) is 12.3. The summed E-state index contributed by atoms with van der Waals surface area (Å²) in [6.45, 7) is 4.29.